The molecule has 0 unspecified atom stereocenters. The number of Topliss-reactive ketones (excluding diaryl/α,β-unsaturated/α-hetero) is 1. The number of nitro groups is 1. The number of benzene rings is 1. The minimum atomic E-state index is -0.492. The molecule has 0 saturated heterocycles. The average Bonchev–Trinajstić information content (AvgIpc) is 2.71. The minimum Gasteiger partial charge on any atom is -0.355 e. The minimum absolute atomic E-state index is 0.0499. The lowest BCUT2D eigenvalue weighted by Gasteiger charge is -1.95. The van der Waals surface area contributed by atoms with Crippen molar-refractivity contribution in [3.05, 3.63) is 40.1 Å². The highest BCUT2D eigenvalue weighted by atomic mass is 35.5. The number of nitrogens with one attached hydrogen (secondary N) is 1. The number of fused-ring (bicyclic) bond motifs is 1. The van der Waals surface area contributed by atoms with Crippen molar-refractivity contribution in [2.45, 2.75) is 0 Å². The second kappa shape index (κ2) is 3.94. The first-order valence-corrected chi connectivity index (χ1v) is 5.02. The van der Waals surface area contributed by atoms with E-state index in [0.29, 0.717) is 16.5 Å². The summed E-state index contributed by atoms with van der Waals surface area (Å²) in [5.74, 6) is -0.399. The molecule has 1 aromatic carbocycles. The van der Waals surface area contributed by atoms with Gasteiger partial charge in [-0.05, 0) is 0 Å². The zero-order valence-corrected chi connectivity index (χ0v) is 8.82. The van der Waals surface area contributed by atoms with Crippen LogP contribution in [0.15, 0.2) is 24.4 Å². The van der Waals surface area contributed by atoms with Crippen LogP contribution < -0.4 is 0 Å². The molecule has 0 aliphatic rings. The molecule has 1 aromatic heterocycles. The number of nitro benzene ring substituents is 1. The van der Waals surface area contributed by atoms with Gasteiger partial charge in [-0.3, -0.25) is 14.9 Å². The third-order valence-electron chi connectivity index (χ3n) is 2.31. The standard InChI is InChI=1S/C10H7ClN2O3/c11-4-9(14)7-5-12-10-6(7)2-1-3-8(10)13(15)16/h1-3,5,12H,4H2. The summed E-state index contributed by atoms with van der Waals surface area (Å²) in [4.78, 5) is 24.4. The van der Waals surface area contributed by atoms with Crippen LogP contribution in [0.2, 0.25) is 0 Å². The van der Waals surface area contributed by atoms with Crippen LogP contribution in [0.5, 0.6) is 0 Å². The number of non-ortho nitro benzene ring substituents is 1. The van der Waals surface area contributed by atoms with Gasteiger partial charge in [0.25, 0.3) is 5.69 Å². The summed E-state index contributed by atoms with van der Waals surface area (Å²) in [7, 11) is 0. The molecule has 0 amide bonds. The largest absolute Gasteiger partial charge is 0.355 e. The van der Waals surface area contributed by atoms with Crippen molar-refractivity contribution >= 4 is 34.0 Å². The molecular formula is C10H7ClN2O3. The van der Waals surface area contributed by atoms with Crippen LogP contribution >= 0.6 is 11.6 Å². The van der Waals surface area contributed by atoms with Gasteiger partial charge in [-0.1, -0.05) is 12.1 Å². The molecule has 0 aliphatic heterocycles. The predicted octanol–water partition coefficient (Wildman–Crippen LogP) is 2.50. The van der Waals surface area contributed by atoms with E-state index in [1.165, 1.54) is 12.3 Å². The molecule has 16 heavy (non-hydrogen) atoms. The van der Waals surface area contributed by atoms with Gasteiger partial charge in [-0.15, -0.1) is 11.6 Å². The van der Waals surface area contributed by atoms with Gasteiger partial charge in [0.05, 0.1) is 10.8 Å². The monoisotopic (exact) mass is 238 g/mol. The number of hydrogen-bond donors (Lipinski definition) is 1. The van der Waals surface area contributed by atoms with Crippen molar-refractivity contribution < 1.29 is 9.72 Å². The SMILES string of the molecule is O=C(CCl)c1c[nH]c2c([N+](=O)[O-])cccc12. The number of carbonyl (C=O) groups is 1. The highest BCUT2D eigenvalue weighted by Gasteiger charge is 2.17. The van der Waals surface area contributed by atoms with E-state index in [2.05, 4.69) is 4.98 Å². The Morgan fingerprint density at radius 1 is 1.50 bits per heavy atom. The average molecular weight is 239 g/mol. The lowest BCUT2D eigenvalue weighted by atomic mass is 10.1. The molecule has 0 aliphatic carbocycles. The number of nitrogens with zero attached hydrogens (tertiary/aromatic N) is 1. The molecule has 0 bridgehead atoms. The van der Waals surface area contributed by atoms with Gasteiger partial charge in [0.1, 0.15) is 5.52 Å². The quantitative estimate of drug-likeness (QED) is 0.386. The van der Waals surface area contributed by atoms with E-state index >= 15 is 0 Å². The molecule has 1 N–H and O–H groups in total. The molecule has 82 valence electrons. The van der Waals surface area contributed by atoms with Gasteiger partial charge in [-0.2, -0.15) is 0 Å². The van der Waals surface area contributed by atoms with Gasteiger partial charge < -0.3 is 4.98 Å². The molecule has 6 heteroatoms. The number of H-pyrrole nitrogens is 1. The van der Waals surface area contributed by atoms with Crippen molar-refractivity contribution in [2.75, 3.05) is 5.88 Å². The molecule has 5 nitrogen and oxygen atoms in total. The number of aromatic amines is 1. The van der Waals surface area contributed by atoms with Crippen molar-refractivity contribution in [1.29, 1.82) is 0 Å². The molecule has 2 rings (SSSR count). The molecule has 0 atom stereocenters. The van der Waals surface area contributed by atoms with Crippen LogP contribution in [0.4, 0.5) is 5.69 Å². The lowest BCUT2D eigenvalue weighted by molar-refractivity contribution is -0.383. The fraction of sp³-hybridized carbons (Fsp3) is 0.100. The highest BCUT2D eigenvalue weighted by Crippen LogP contribution is 2.27. The predicted molar refractivity (Wildman–Crippen MR) is 60.0 cm³/mol. The van der Waals surface area contributed by atoms with Crippen LogP contribution in [0.1, 0.15) is 10.4 Å². The van der Waals surface area contributed by atoms with Crippen molar-refractivity contribution in [3.63, 3.8) is 0 Å². The summed E-state index contributed by atoms with van der Waals surface area (Å²) in [5.41, 5.74) is 0.681. The number of halogens is 1. The number of para-hydroxylation sites is 1. The number of carbonyl (C=O) groups excluding carboxylic acids is 1. The molecule has 0 saturated carbocycles. The maximum Gasteiger partial charge on any atom is 0.293 e. The maximum absolute atomic E-state index is 11.4. The zero-order valence-electron chi connectivity index (χ0n) is 8.07. The lowest BCUT2D eigenvalue weighted by Crippen LogP contribution is -1.98. The van der Waals surface area contributed by atoms with Crippen LogP contribution in [-0.2, 0) is 0 Å². The Hall–Kier alpha value is -1.88. The van der Waals surface area contributed by atoms with E-state index in [1.54, 1.807) is 12.1 Å². The Morgan fingerprint density at radius 2 is 2.25 bits per heavy atom. The highest BCUT2D eigenvalue weighted by molar-refractivity contribution is 6.32. The molecular weight excluding hydrogens is 232 g/mol. The Kier molecular flexibility index (Phi) is 2.62. The number of rotatable bonds is 3. The fourth-order valence-corrected chi connectivity index (χ4v) is 1.74. The zero-order chi connectivity index (χ0) is 11.7. The summed E-state index contributed by atoms with van der Waals surface area (Å²) in [6.45, 7) is 0. The third kappa shape index (κ3) is 1.55. The van der Waals surface area contributed by atoms with E-state index in [4.69, 9.17) is 11.6 Å². The smallest absolute Gasteiger partial charge is 0.293 e. The first-order chi connectivity index (χ1) is 7.65. The van der Waals surface area contributed by atoms with Gasteiger partial charge in [0.15, 0.2) is 5.78 Å². The van der Waals surface area contributed by atoms with Crippen LogP contribution in [0.3, 0.4) is 0 Å². The Bertz CT molecular complexity index is 576. The topological polar surface area (TPSA) is 76.0 Å². The van der Waals surface area contributed by atoms with Crippen LogP contribution in [0.25, 0.3) is 10.9 Å². The molecule has 0 spiro atoms. The Balaban J connectivity index is 2.71. The normalized spacial score (nSPS) is 10.6. The molecule has 0 fully saturated rings. The summed E-state index contributed by atoms with van der Waals surface area (Å²) >= 11 is 5.45. The molecule has 1 heterocycles. The number of alkyl halides is 1. The molecule has 0 radical (unpaired) electrons. The van der Waals surface area contributed by atoms with E-state index in [9.17, 15) is 14.9 Å². The van der Waals surface area contributed by atoms with E-state index in [1.807, 2.05) is 0 Å². The molecule has 2 aromatic rings. The van der Waals surface area contributed by atoms with Crippen molar-refractivity contribution in [1.82, 2.24) is 4.98 Å². The van der Waals surface area contributed by atoms with Gasteiger partial charge in [0, 0.05) is 23.2 Å². The van der Waals surface area contributed by atoms with Crippen LogP contribution in [0, 0.1) is 10.1 Å². The van der Waals surface area contributed by atoms with Crippen molar-refractivity contribution in [3.8, 4) is 0 Å². The number of ketones is 1. The summed E-state index contributed by atoms with van der Waals surface area (Å²) in [6.07, 6.45) is 1.45. The van der Waals surface area contributed by atoms with E-state index in [-0.39, 0.29) is 17.4 Å². The third-order valence-corrected chi connectivity index (χ3v) is 2.55. The van der Waals surface area contributed by atoms with Gasteiger partial charge in [-0.25, -0.2) is 0 Å². The Morgan fingerprint density at radius 3 is 2.88 bits per heavy atom. The van der Waals surface area contributed by atoms with Crippen molar-refractivity contribution in [2.24, 2.45) is 0 Å². The van der Waals surface area contributed by atoms with Crippen LogP contribution in [-0.4, -0.2) is 21.6 Å². The first-order valence-electron chi connectivity index (χ1n) is 4.49. The Labute approximate surface area is 95.2 Å². The maximum atomic E-state index is 11.4. The first kappa shape index (κ1) is 10.6. The van der Waals surface area contributed by atoms with Gasteiger partial charge in [0.2, 0.25) is 0 Å². The summed E-state index contributed by atoms with van der Waals surface area (Å²) in [6, 6.07) is 4.58. The second-order valence-corrected chi connectivity index (χ2v) is 3.48. The van der Waals surface area contributed by atoms with E-state index < -0.39 is 4.92 Å². The fourth-order valence-electron chi connectivity index (χ4n) is 1.59. The summed E-state index contributed by atoms with van der Waals surface area (Å²) in [5, 5.41) is 11.3. The van der Waals surface area contributed by atoms with Gasteiger partial charge >= 0.3 is 0 Å². The number of aromatic nitrogens is 1. The second-order valence-electron chi connectivity index (χ2n) is 3.22. The number of hydrogen-bond acceptors (Lipinski definition) is 3. The van der Waals surface area contributed by atoms with E-state index in [0.717, 1.165) is 0 Å². The summed E-state index contributed by atoms with van der Waals surface area (Å²) < 4.78 is 0.